The lowest BCUT2D eigenvalue weighted by atomic mass is 10.1. The number of pyridine rings is 1. The Hall–Kier alpha value is -4.07. The van der Waals surface area contributed by atoms with Gasteiger partial charge < -0.3 is 9.30 Å². The molecule has 148 valence electrons. The van der Waals surface area contributed by atoms with Crippen LogP contribution in [-0.4, -0.2) is 31.3 Å². The van der Waals surface area contributed by atoms with Crippen LogP contribution in [0.4, 0.5) is 4.39 Å². The monoisotopic (exact) mass is 401 g/mol. The molecule has 5 rings (SSSR count). The molecule has 0 aliphatic carbocycles. The summed E-state index contributed by atoms with van der Waals surface area (Å²) in [5, 5.41) is 4.63. The molecule has 7 nitrogen and oxygen atoms in total. The smallest absolute Gasteiger partial charge is 0.262 e. The number of aromatic nitrogens is 5. The average Bonchev–Trinajstić information content (AvgIpc) is 3.24. The molecule has 0 spiro atoms. The highest BCUT2D eigenvalue weighted by Gasteiger charge is 2.20. The number of halogens is 1. The Balaban J connectivity index is 1.83. The van der Waals surface area contributed by atoms with E-state index < -0.39 is 0 Å². The van der Waals surface area contributed by atoms with Crippen molar-refractivity contribution in [3.05, 3.63) is 88.9 Å². The largest absolute Gasteiger partial charge is 0.496 e. The summed E-state index contributed by atoms with van der Waals surface area (Å²) in [7, 11) is 1.57. The second kappa shape index (κ2) is 7.07. The summed E-state index contributed by atoms with van der Waals surface area (Å²) in [5.41, 5.74) is 1.81. The van der Waals surface area contributed by atoms with Gasteiger partial charge in [-0.05, 0) is 24.3 Å². The molecule has 0 aliphatic rings. The highest BCUT2D eigenvalue weighted by molar-refractivity contribution is 5.94. The zero-order valence-corrected chi connectivity index (χ0v) is 16.0. The zero-order valence-electron chi connectivity index (χ0n) is 16.0. The maximum atomic E-state index is 14.2. The fraction of sp³-hybridized carbons (Fsp3) is 0.0909. The van der Waals surface area contributed by atoms with E-state index in [1.54, 1.807) is 37.6 Å². The van der Waals surface area contributed by atoms with Crippen LogP contribution in [0.3, 0.4) is 0 Å². The maximum Gasteiger partial charge on any atom is 0.262 e. The molecule has 3 aromatic heterocycles. The van der Waals surface area contributed by atoms with Crippen LogP contribution in [0.2, 0.25) is 0 Å². The molecule has 30 heavy (non-hydrogen) atoms. The van der Waals surface area contributed by atoms with Gasteiger partial charge in [-0.25, -0.2) is 9.37 Å². The van der Waals surface area contributed by atoms with Crippen molar-refractivity contribution in [1.82, 2.24) is 24.1 Å². The summed E-state index contributed by atoms with van der Waals surface area (Å²) in [6.45, 7) is 0.0994. The zero-order chi connectivity index (χ0) is 20.7. The first-order chi connectivity index (χ1) is 14.7. The van der Waals surface area contributed by atoms with Crippen LogP contribution < -0.4 is 10.3 Å². The van der Waals surface area contributed by atoms with Crippen molar-refractivity contribution in [1.29, 1.82) is 0 Å². The van der Waals surface area contributed by atoms with Crippen molar-refractivity contribution >= 4 is 16.7 Å². The fourth-order valence-electron chi connectivity index (χ4n) is 3.59. The van der Waals surface area contributed by atoms with Gasteiger partial charge in [-0.3, -0.25) is 4.79 Å². The van der Waals surface area contributed by atoms with E-state index in [9.17, 15) is 9.18 Å². The predicted molar refractivity (Wildman–Crippen MR) is 110 cm³/mol. The summed E-state index contributed by atoms with van der Waals surface area (Å²) in [6.07, 6.45) is 3.00. The normalized spacial score (nSPS) is 11.3. The molecule has 0 N–H and O–H groups in total. The number of methoxy groups -OCH3 is 1. The van der Waals surface area contributed by atoms with Crippen molar-refractivity contribution < 1.29 is 9.13 Å². The Kier molecular flexibility index (Phi) is 4.24. The van der Waals surface area contributed by atoms with Gasteiger partial charge in [0.15, 0.2) is 0 Å². The Labute approximate surface area is 170 Å². The molecular weight excluding hydrogens is 385 g/mol. The summed E-state index contributed by atoms with van der Waals surface area (Å²) in [6, 6.07) is 15.5. The lowest BCUT2D eigenvalue weighted by Gasteiger charge is -2.14. The lowest BCUT2D eigenvalue weighted by molar-refractivity contribution is 0.416. The summed E-state index contributed by atoms with van der Waals surface area (Å²) in [5.74, 6) is 0.597. The second-order valence-corrected chi connectivity index (χ2v) is 6.73. The van der Waals surface area contributed by atoms with Gasteiger partial charge in [0.05, 0.1) is 30.3 Å². The van der Waals surface area contributed by atoms with Crippen molar-refractivity contribution in [2.75, 3.05) is 7.11 Å². The second-order valence-electron chi connectivity index (χ2n) is 6.73. The van der Waals surface area contributed by atoms with Crippen LogP contribution in [0.25, 0.3) is 27.9 Å². The van der Waals surface area contributed by atoms with Crippen molar-refractivity contribution in [3.63, 3.8) is 0 Å². The minimum Gasteiger partial charge on any atom is -0.496 e. The van der Waals surface area contributed by atoms with Gasteiger partial charge in [-0.15, -0.1) is 0 Å². The highest BCUT2D eigenvalue weighted by atomic mass is 19.1. The number of hydrogen-bond acceptors (Lipinski definition) is 5. The van der Waals surface area contributed by atoms with E-state index in [0.29, 0.717) is 39.3 Å². The Bertz CT molecular complexity index is 1460. The third-order valence-corrected chi connectivity index (χ3v) is 5.00. The molecule has 0 radical (unpaired) electrons. The molecule has 0 unspecified atom stereocenters. The summed E-state index contributed by atoms with van der Waals surface area (Å²) < 4.78 is 22.7. The van der Waals surface area contributed by atoms with E-state index >= 15 is 0 Å². The van der Waals surface area contributed by atoms with Crippen LogP contribution in [0.5, 0.6) is 5.75 Å². The van der Waals surface area contributed by atoms with Crippen LogP contribution >= 0.6 is 0 Å². The number of para-hydroxylation sites is 1. The van der Waals surface area contributed by atoms with E-state index in [2.05, 4.69) is 15.1 Å². The Morgan fingerprint density at radius 1 is 1.07 bits per heavy atom. The minimum absolute atomic E-state index is 0.0994. The van der Waals surface area contributed by atoms with Gasteiger partial charge in [0, 0.05) is 17.3 Å². The van der Waals surface area contributed by atoms with Crippen LogP contribution in [0.15, 0.2) is 71.9 Å². The first kappa shape index (κ1) is 18.0. The van der Waals surface area contributed by atoms with Crippen LogP contribution in [0.1, 0.15) is 5.56 Å². The molecule has 0 saturated heterocycles. The molecule has 0 amide bonds. The van der Waals surface area contributed by atoms with E-state index in [1.807, 2.05) is 24.3 Å². The van der Waals surface area contributed by atoms with Crippen molar-refractivity contribution in [2.24, 2.45) is 0 Å². The molecule has 0 fully saturated rings. The minimum atomic E-state index is -0.362. The van der Waals surface area contributed by atoms with E-state index in [1.165, 1.54) is 21.5 Å². The Morgan fingerprint density at radius 3 is 2.70 bits per heavy atom. The lowest BCUT2D eigenvalue weighted by Crippen LogP contribution is -2.22. The molecule has 0 bridgehead atoms. The van der Waals surface area contributed by atoms with Gasteiger partial charge in [-0.1, -0.05) is 30.3 Å². The molecular formula is C22H16FN5O2. The van der Waals surface area contributed by atoms with Crippen molar-refractivity contribution in [2.45, 2.75) is 6.54 Å². The number of fused-ring (bicyclic) bond motifs is 2. The number of rotatable bonds is 4. The van der Waals surface area contributed by atoms with Gasteiger partial charge in [0.2, 0.25) is 0 Å². The molecule has 8 heteroatoms. The van der Waals surface area contributed by atoms with E-state index in [-0.39, 0.29) is 17.9 Å². The van der Waals surface area contributed by atoms with Crippen LogP contribution in [-0.2, 0) is 6.54 Å². The summed E-state index contributed by atoms with van der Waals surface area (Å²) >= 11 is 0. The topological polar surface area (TPSA) is 74.3 Å². The molecule has 3 heterocycles. The van der Waals surface area contributed by atoms with Gasteiger partial charge in [-0.2, -0.15) is 14.6 Å². The van der Waals surface area contributed by atoms with Gasteiger partial charge in [0.25, 0.3) is 11.3 Å². The van der Waals surface area contributed by atoms with Crippen molar-refractivity contribution in [3.8, 4) is 17.0 Å². The number of nitrogens with zero attached hydrogens (tertiary/aromatic N) is 5. The number of hydrogen-bond donors (Lipinski definition) is 0. The molecule has 5 aromatic rings. The molecule has 0 atom stereocenters. The fourth-order valence-corrected chi connectivity index (χ4v) is 3.59. The molecule has 2 aromatic carbocycles. The Morgan fingerprint density at radius 2 is 1.87 bits per heavy atom. The first-order valence-corrected chi connectivity index (χ1v) is 9.27. The maximum absolute atomic E-state index is 14.2. The van der Waals surface area contributed by atoms with Crippen LogP contribution in [0, 0.1) is 5.82 Å². The first-order valence-electron chi connectivity index (χ1n) is 9.27. The third-order valence-electron chi connectivity index (χ3n) is 5.00. The molecule has 0 aliphatic heterocycles. The summed E-state index contributed by atoms with van der Waals surface area (Å²) in [4.78, 5) is 22.2. The number of ether oxygens (including phenoxy) is 1. The predicted octanol–water partition coefficient (Wildman–Crippen LogP) is 3.30. The van der Waals surface area contributed by atoms with E-state index in [0.717, 1.165) is 0 Å². The quantitative estimate of drug-likeness (QED) is 0.462. The van der Waals surface area contributed by atoms with Gasteiger partial charge in [0.1, 0.15) is 17.9 Å². The third kappa shape index (κ3) is 2.81. The van der Waals surface area contributed by atoms with E-state index in [4.69, 9.17) is 4.74 Å². The number of benzene rings is 2. The SMILES string of the molecule is COc1ccccc1-c1c2c(=O)n(Cc3ccccc3F)ccc2nc2ncnn12. The molecule has 0 saturated carbocycles. The average molecular weight is 401 g/mol. The van der Waals surface area contributed by atoms with Gasteiger partial charge >= 0.3 is 0 Å². The highest BCUT2D eigenvalue weighted by Crippen LogP contribution is 2.33. The standard InChI is InChI=1S/C22H16FN5O2/c1-30-18-9-5-3-7-15(18)20-19-17(26-22-24-13-25-28(20)22)10-11-27(21(19)29)12-14-6-2-4-8-16(14)23/h2-11,13H,12H2,1H3.